The lowest BCUT2D eigenvalue weighted by Crippen LogP contribution is -2.35. The highest BCUT2D eigenvalue weighted by molar-refractivity contribution is 4.97. The van der Waals surface area contributed by atoms with E-state index in [0.717, 1.165) is 16.7 Å². The van der Waals surface area contributed by atoms with E-state index in [1.54, 1.807) is 6.26 Å². The molecule has 1 aromatic heterocycles. The SMILES string of the molecule is C[N+](C)(C)CCCCc1ccco1. The Labute approximate surface area is 80.8 Å². The Bertz CT molecular complexity index is 221. The molecular weight excluding hydrogens is 162 g/mol. The van der Waals surface area contributed by atoms with E-state index in [1.807, 2.05) is 12.1 Å². The molecule has 0 spiro atoms. The van der Waals surface area contributed by atoms with Gasteiger partial charge < -0.3 is 8.90 Å². The molecule has 0 N–H and O–H groups in total. The molecule has 0 saturated heterocycles. The molecule has 0 amide bonds. The van der Waals surface area contributed by atoms with Gasteiger partial charge in [-0.3, -0.25) is 0 Å². The van der Waals surface area contributed by atoms with E-state index in [-0.39, 0.29) is 0 Å². The number of hydrogen-bond donors (Lipinski definition) is 0. The molecule has 0 radical (unpaired) electrons. The highest BCUT2D eigenvalue weighted by Gasteiger charge is 2.05. The highest BCUT2D eigenvalue weighted by atomic mass is 16.3. The maximum Gasteiger partial charge on any atom is 0.103 e. The first kappa shape index (κ1) is 10.3. The van der Waals surface area contributed by atoms with Crippen molar-refractivity contribution in [2.75, 3.05) is 27.7 Å². The molecule has 1 aromatic rings. The standard InChI is InChI=1S/C11H20NO/c1-12(2,3)9-5-4-7-11-8-6-10-13-11/h6,8,10H,4-5,7,9H2,1-3H3/q+1. The van der Waals surface area contributed by atoms with Crippen molar-refractivity contribution in [3.05, 3.63) is 24.2 Å². The normalized spacial score (nSPS) is 11.9. The van der Waals surface area contributed by atoms with Gasteiger partial charge in [0.05, 0.1) is 34.0 Å². The van der Waals surface area contributed by atoms with Gasteiger partial charge in [-0.25, -0.2) is 0 Å². The Morgan fingerprint density at radius 1 is 1.23 bits per heavy atom. The number of quaternary nitrogens is 1. The van der Waals surface area contributed by atoms with Gasteiger partial charge in [0.2, 0.25) is 0 Å². The van der Waals surface area contributed by atoms with Crippen LogP contribution >= 0.6 is 0 Å². The molecule has 1 rings (SSSR count). The fourth-order valence-corrected chi connectivity index (χ4v) is 1.34. The Morgan fingerprint density at radius 2 is 2.00 bits per heavy atom. The molecule has 0 saturated carbocycles. The van der Waals surface area contributed by atoms with Crippen LogP contribution in [0.2, 0.25) is 0 Å². The number of rotatable bonds is 5. The molecule has 0 aromatic carbocycles. The minimum atomic E-state index is 1.05. The van der Waals surface area contributed by atoms with Crippen LogP contribution in [0.15, 0.2) is 22.8 Å². The molecular formula is C11H20NO+. The summed E-state index contributed by atoms with van der Waals surface area (Å²) in [5.41, 5.74) is 0. The molecule has 0 aliphatic heterocycles. The average molecular weight is 182 g/mol. The second kappa shape index (κ2) is 4.47. The first-order valence-corrected chi connectivity index (χ1v) is 4.91. The quantitative estimate of drug-likeness (QED) is 0.503. The fraction of sp³-hybridized carbons (Fsp3) is 0.636. The fourth-order valence-electron chi connectivity index (χ4n) is 1.34. The molecule has 0 atom stereocenters. The number of furan rings is 1. The number of unbranched alkanes of at least 4 members (excludes halogenated alkanes) is 1. The highest BCUT2D eigenvalue weighted by Crippen LogP contribution is 2.06. The maximum atomic E-state index is 5.26. The van der Waals surface area contributed by atoms with Crippen molar-refractivity contribution in [2.45, 2.75) is 19.3 Å². The molecule has 0 aliphatic carbocycles. The van der Waals surface area contributed by atoms with Crippen molar-refractivity contribution >= 4 is 0 Å². The van der Waals surface area contributed by atoms with Crippen molar-refractivity contribution in [3.8, 4) is 0 Å². The minimum Gasteiger partial charge on any atom is -0.469 e. The van der Waals surface area contributed by atoms with Gasteiger partial charge in [-0.15, -0.1) is 0 Å². The number of nitrogens with zero attached hydrogens (tertiary/aromatic N) is 1. The lowest BCUT2D eigenvalue weighted by atomic mass is 10.2. The van der Waals surface area contributed by atoms with Crippen molar-refractivity contribution in [1.82, 2.24) is 0 Å². The first-order chi connectivity index (χ1) is 6.08. The summed E-state index contributed by atoms with van der Waals surface area (Å²) in [7, 11) is 6.69. The van der Waals surface area contributed by atoms with Gasteiger partial charge in [-0.1, -0.05) is 0 Å². The van der Waals surface area contributed by atoms with Crippen LogP contribution in [0.4, 0.5) is 0 Å². The van der Waals surface area contributed by atoms with Crippen molar-refractivity contribution in [3.63, 3.8) is 0 Å². The zero-order valence-corrected chi connectivity index (χ0v) is 8.92. The lowest BCUT2D eigenvalue weighted by Gasteiger charge is -2.23. The zero-order chi connectivity index (χ0) is 9.73. The number of hydrogen-bond acceptors (Lipinski definition) is 1. The van der Waals surface area contributed by atoms with E-state index in [2.05, 4.69) is 21.1 Å². The van der Waals surface area contributed by atoms with Crippen LogP contribution in [0.3, 0.4) is 0 Å². The summed E-state index contributed by atoms with van der Waals surface area (Å²) in [5.74, 6) is 1.11. The largest absolute Gasteiger partial charge is 0.469 e. The molecule has 74 valence electrons. The summed E-state index contributed by atoms with van der Waals surface area (Å²) in [6.45, 7) is 1.24. The van der Waals surface area contributed by atoms with Gasteiger partial charge in [0.1, 0.15) is 5.76 Å². The van der Waals surface area contributed by atoms with Crippen molar-refractivity contribution < 1.29 is 8.90 Å². The summed E-state index contributed by atoms with van der Waals surface area (Å²) in [6, 6.07) is 4.00. The summed E-state index contributed by atoms with van der Waals surface area (Å²) >= 11 is 0. The van der Waals surface area contributed by atoms with E-state index >= 15 is 0 Å². The van der Waals surface area contributed by atoms with Crippen molar-refractivity contribution in [1.29, 1.82) is 0 Å². The molecule has 0 unspecified atom stereocenters. The maximum absolute atomic E-state index is 5.26. The molecule has 0 bridgehead atoms. The van der Waals surface area contributed by atoms with Crippen LogP contribution in [0, 0.1) is 0 Å². The molecule has 2 heteroatoms. The van der Waals surface area contributed by atoms with E-state index in [9.17, 15) is 0 Å². The average Bonchev–Trinajstić information content (AvgIpc) is 2.48. The Kier molecular flexibility index (Phi) is 3.55. The van der Waals surface area contributed by atoms with E-state index in [0.29, 0.717) is 0 Å². The smallest absolute Gasteiger partial charge is 0.103 e. The Morgan fingerprint density at radius 3 is 2.54 bits per heavy atom. The van der Waals surface area contributed by atoms with Gasteiger partial charge in [0.15, 0.2) is 0 Å². The summed E-state index contributed by atoms with van der Waals surface area (Å²) < 4.78 is 6.31. The third kappa shape index (κ3) is 4.73. The van der Waals surface area contributed by atoms with Gasteiger partial charge in [-0.2, -0.15) is 0 Å². The van der Waals surface area contributed by atoms with E-state index < -0.39 is 0 Å². The van der Waals surface area contributed by atoms with Crippen LogP contribution in [-0.4, -0.2) is 32.2 Å². The van der Waals surface area contributed by atoms with Crippen LogP contribution in [0.1, 0.15) is 18.6 Å². The predicted octanol–water partition coefficient (Wildman–Crippen LogP) is 2.31. The summed E-state index contributed by atoms with van der Waals surface area (Å²) in [4.78, 5) is 0. The second-order valence-electron chi connectivity index (χ2n) is 4.55. The minimum absolute atomic E-state index is 1.05. The summed E-state index contributed by atoms with van der Waals surface area (Å²) in [5, 5.41) is 0. The molecule has 0 aliphatic rings. The van der Waals surface area contributed by atoms with Gasteiger partial charge in [0.25, 0.3) is 0 Å². The molecule has 1 heterocycles. The van der Waals surface area contributed by atoms with Crippen LogP contribution in [-0.2, 0) is 6.42 Å². The summed E-state index contributed by atoms with van der Waals surface area (Å²) in [6.07, 6.45) is 5.31. The third-order valence-electron chi connectivity index (χ3n) is 2.08. The van der Waals surface area contributed by atoms with Gasteiger partial charge in [0, 0.05) is 6.42 Å². The van der Waals surface area contributed by atoms with Crippen LogP contribution < -0.4 is 0 Å². The third-order valence-corrected chi connectivity index (χ3v) is 2.08. The molecule has 0 fully saturated rings. The Balaban J connectivity index is 2.09. The zero-order valence-electron chi connectivity index (χ0n) is 8.92. The lowest BCUT2D eigenvalue weighted by molar-refractivity contribution is -0.870. The second-order valence-corrected chi connectivity index (χ2v) is 4.55. The van der Waals surface area contributed by atoms with Crippen molar-refractivity contribution in [2.24, 2.45) is 0 Å². The van der Waals surface area contributed by atoms with E-state index in [4.69, 9.17) is 4.42 Å². The van der Waals surface area contributed by atoms with Gasteiger partial charge >= 0.3 is 0 Å². The first-order valence-electron chi connectivity index (χ1n) is 4.91. The van der Waals surface area contributed by atoms with E-state index in [1.165, 1.54) is 19.4 Å². The van der Waals surface area contributed by atoms with Crippen LogP contribution in [0.5, 0.6) is 0 Å². The monoisotopic (exact) mass is 182 g/mol. The molecule has 13 heavy (non-hydrogen) atoms. The van der Waals surface area contributed by atoms with Gasteiger partial charge in [-0.05, 0) is 25.0 Å². The topological polar surface area (TPSA) is 13.1 Å². The Hall–Kier alpha value is -0.760. The molecule has 2 nitrogen and oxygen atoms in total. The number of aryl methyl sites for hydroxylation is 1. The van der Waals surface area contributed by atoms with Crippen LogP contribution in [0.25, 0.3) is 0 Å². The predicted molar refractivity (Wildman–Crippen MR) is 54.5 cm³/mol.